The Bertz CT molecular complexity index is 1230. The average molecular weight is 565 g/mol. The van der Waals surface area contributed by atoms with Crippen LogP contribution < -0.4 is 20.1 Å². The molecule has 8 heteroatoms. The average Bonchev–Trinajstić information content (AvgIpc) is 2.95. The molecule has 3 aliphatic rings. The predicted octanol–water partition coefficient (Wildman–Crippen LogP) is 5.42. The predicted molar refractivity (Wildman–Crippen MR) is 157 cm³/mol. The number of nitrogens with one attached hydrogen (secondary N) is 2. The van der Waals surface area contributed by atoms with Crippen LogP contribution >= 0.6 is 11.6 Å². The van der Waals surface area contributed by atoms with E-state index < -0.39 is 0 Å². The first kappa shape index (κ1) is 28.7. The highest BCUT2D eigenvalue weighted by atomic mass is 35.5. The van der Waals surface area contributed by atoms with E-state index in [-0.39, 0.29) is 35.0 Å². The number of rotatable bonds is 7. The van der Waals surface area contributed by atoms with Crippen LogP contribution in [0.15, 0.2) is 42.5 Å². The number of carbonyl (C=O) groups excluding carboxylic acids is 1. The van der Waals surface area contributed by atoms with Gasteiger partial charge < -0.3 is 25.0 Å². The Hall–Kier alpha value is -2.79. The Morgan fingerprint density at radius 3 is 2.20 bits per heavy atom. The molecule has 7 nitrogen and oxygen atoms in total. The number of nitriles is 1. The van der Waals surface area contributed by atoms with Crippen LogP contribution in [0.3, 0.4) is 0 Å². The molecule has 1 saturated carbocycles. The van der Waals surface area contributed by atoms with E-state index >= 15 is 0 Å². The normalized spacial score (nSPS) is 24.9. The molecular formula is C32H41ClN4O3. The van der Waals surface area contributed by atoms with Gasteiger partial charge in [0.1, 0.15) is 29.8 Å². The van der Waals surface area contributed by atoms with Crippen molar-refractivity contribution >= 4 is 17.5 Å². The van der Waals surface area contributed by atoms with Gasteiger partial charge in [-0.05, 0) is 75.2 Å². The lowest BCUT2D eigenvalue weighted by molar-refractivity contribution is -0.164. The number of likely N-dealkylation sites (tertiary alicyclic amines) is 1. The zero-order chi connectivity index (χ0) is 28.5. The fourth-order valence-corrected chi connectivity index (χ4v) is 7.43. The lowest BCUT2D eigenvalue weighted by atomic mass is 9.49. The summed E-state index contributed by atoms with van der Waals surface area (Å²) < 4.78 is 12.6. The van der Waals surface area contributed by atoms with Gasteiger partial charge in [-0.15, -0.1) is 0 Å². The van der Waals surface area contributed by atoms with Crippen molar-refractivity contribution in [3.63, 3.8) is 0 Å². The third-order valence-electron chi connectivity index (χ3n) is 9.15. The second-order valence-electron chi connectivity index (χ2n) is 12.7. The maximum atomic E-state index is 13.2. The second kappa shape index (κ2) is 11.6. The molecule has 2 heterocycles. The second-order valence-corrected chi connectivity index (χ2v) is 13.1. The molecule has 3 fully saturated rings. The van der Waals surface area contributed by atoms with E-state index in [9.17, 15) is 4.79 Å². The topological polar surface area (TPSA) is 86.6 Å². The van der Waals surface area contributed by atoms with E-state index in [0.29, 0.717) is 27.9 Å². The number of ether oxygens (including phenoxy) is 2. The van der Waals surface area contributed by atoms with Crippen molar-refractivity contribution < 1.29 is 14.3 Å². The van der Waals surface area contributed by atoms with Gasteiger partial charge in [-0.3, -0.25) is 4.79 Å². The Balaban J connectivity index is 1.14. The minimum atomic E-state index is -0.314. The van der Waals surface area contributed by atoms with E-state index in [4.69, 9.17) is 26.3 Å². The van der Waals surface area contributed by atoms with Crippen molar-refractivity contribution in [2.45, 2.75) is 77.7 Å². The Labute approximate surface area is 243 Å². The van der Waals surface area contributed by atoms with Crippen LogP contribution in [0.1, 0.15) is 69.3 Å². The Morgan fingerprint density at radius 2 is 1.60 bits per heavy atom. The van der Waals surface area contributed by atoms with Gasteiger partial charge in [0.25, 0.3) is 5.91 Å². The molecular weight excluding hydrogens is 524 g/mol. The molecule has 5 rings (SSSR count). The molecule has 0 bridgehead atoms. The van der Waals surface area contributed by atoms with Gasteiger partial charge >= 0.3 is 0 Å². The summed E-state index contributed by atoms with van der Waals surface area (Å²) in [6.07, 6.45) is 4.63. The highest BCUT2D eigenvalue weighted by molar-refractivity contribution is 6.31. The molecule has 2 aromatic rings. The van der Waals surface area contributed by atoms with Gasteiger partial charge in [-0.1, -0.05) is 39.3 Å². The lowest BCUT2D eigenvalue weighted by Crippen LogP contribution is -2.74. The van der Waals surface area contributed by atoms with E-state index in [1.54, 1.807) is 18.2 Å². The van der Waals surface area contributed by atoms with Crippen LogP contribution in [-0.2, 0) is 0 Å². The van der Waals surface area contributed by atoms with Gasteiger partial charge in [0.05, 0.1) is 10.6 Å². The third kappa shape index (κ3) is 5.81. The molecule has 0 radical (unpaired) electrons. The Morgan fingerprint density at radius 1 is 0.975 bits per heavy atom. The number of amides is 1. The van der Waals surface area contributed by atoms with Gasteiger partial charge in [0.15, 0.2) is 0 Å². The smallest absolute Gasteiger partial charge is 0.251 e. The van der Waals surface area contributed by atoms with E-state index in [1.165, 1.54) is 12.8 Å². The van der Waals surface area contributed by atoms with Crippen molar-refractivity contribution in [1.29, 1.82) is 5.26 Å². The van der Waals surface area contributed by atoms with Crippen LogP contribution in [0.4, 0.5) is 0 Å². The molecule has 2 N–H and O–H groups in total. The highest BCUT2D eigenvalue weighted by Gasteiger charge is 2.64. The summed E-state index contributed by atoms with van der Waals surface area (Å²) in [6, 6.07) is 15.3. The number of carbonyl (C=O) groups is 1. The monoisotopic (exact) mass is 564 g/mol. The molecule has 214 valence electrons. The van der Waals surface area contributed by atoms with Crippen LogP contribution in [0, 0.1) is 22.2 Å². The minimum absolute atomic E-state index is 0.0904. The minimum Gasteiger partial charge on any atom is -0.490 e. The summed E-state index contributed by atoms with van der Waals surface area (Å²) >= 11 is 6.21. The van der Waals surface area contributed by atoms with E-state index in [1.807, 2.05) is 24.3 Å². The summed E-state index contributed by atoms with van der Waals surface area (Å²) in [6.45, 7) is 12.8. The molecule has 40 heavy (non-hydrogen) atoms. The quantitative estimate of drug-likeness (QED) is 0.467. The van der Waals surface area contributed by atoms with E-state index in [0.717, 1.165) is 44.8 Å². The molecule has 0 aromatic heterocycles. The third-order valence-corrected chi connectivity index (χ3v) is 9.46. The first-order chi connectivity index (χ1) is 19.1. The summed E-state index contributed by atoms with van der Waals surface area (Å²) in [4.78, 5) is 15.9. The number of halogens is 1. The van der Waals surface area contributed by atoms with Crippen molar-refractivity contribution in [1.82, 2.24) is 15.5 Å². The summed E-state index contributed by atoms with van der Waals surface area (Å²) in [5.41, 5.74) is 0.403. The fraction of sp³-hybridized carbons (Fsp3) is 0.562. The van der Waals surface area contributed by atoms with E-state index in [2.05, 4.69) is 49.3 Å². The molecule has 0 atom stereocenters. The SMILES string of the molecule is CC1(C)C(NC(=O)c2ccc(OC3CCN(C4CCNCC4)CC3)cc2)C(C)(C)C1Oc1ccc(C#N)c(Cl)c1. The summed E-state index contributed by atoms with van der Waals surface area (Å²) in [7, 11) is 0. The van der Waals surface area contributed by atoms with Crippen LogP contribution in [0.5, 0.6) is 11.5 Å². The molecule has 2 saturated heterocycles. The van der Waals surface area contributed by atoms with Crippen LogP contribution in [0.2, 0.25) is 5.02 Å². The number of benzene rings is 2. The summed E-state index contributed by atoms with van der Waals surface area (Å²) in [5.74, 6) is 1.33. The molecule has 2 aromatic carbocycles. The highest BCUT2D eigenvalue weighted by Crippen LogP contribution is 2.55. The molecule has 0 spiro atoms. The van der Waals surface area contributed by atoms with Crippen molar-refractivity contribution in [2.75, 3.05) is 26.2 Å². The van der Waals surface area contributed by atoms with Crippen molar-refractivity contribution in [2.24, 2.45) is 10.8 Å². The molecule has 2 aliphatic heterocycles. The number of hydrogen-bond acceptors (Lipinski definition) is 6. The molecule has 1 amide bonds. The van der Waals surface area contributed by atoms with Crippen LogP contribution in [-0.4, -0.2) is 61.3 Å². The van der Waals surface area contributed by atoms with Crippen LogP contribution in [0.25, 0.3) is 0 Å². The summed E-state index contributed by atoms with van der Waals surface area (Å²) in [5, 5.41) is 16.2. The standard InChI is InChI=1S/C32H41ClN4O3/c1-31(2)29(32(3,4)30(31)40-26-10-7-22(20-34)27(33)19-26)36-28(38)21-5-8-24(9-6-21)39-25-13-17-37(18-14-25)23-11-15-35-16-12-23/h5-10,19,23,25,29-30,35H,11-18H2,1-4H3,(H,36,38). The van der Waals surface area contributed by atoms with Gasteiger partial charge in [-0.25, -0.2) is 0 Å². The number of hydrogen-bond donors (Lipinski definition) is 2. The zero-order valence-electron chi connectivity index (χ0n) is 24.0. The first-order valence-electron chi connectivity index (χ1n) is 14.5. The maximum absolute atomic E-state index is 13.2. The van der Waals surface area contributed by atoms with Gasteiger partial charge in [0.2, 0.25) is 0 Å². The lowest BCUT2D eigenvalue weighted by Gasteiger charge is -2.63. The number of piperidine rings is 2. The van der Waals surface area contributed by atoms with Gasteiger partial charge in [-0.2, -0.15) is 5.26 Å². The Kier molecular flexibility index (Phi) is 8.33. The van der Waals surface area contributed by atoms with Gasteiger partial charge in [0, 0.05) is 47.6 Å². The van der Waals surface area contributed by atoms with Crippen molar-refractivity contribution in [3.05, 3.63) is 58.6 Å². The largest absolute Gasteiger partial charge is 0.490 e. The zero-order valence-corrected chi connectivity index (χ0v) is 24.8. The van der Waals surface area contributed by atoms with Crippen molar-refractivity contribution in [3.8, 4) is 17.6 Å². The fourth-order valence-electron chi connectivity index (χ4n) is 7.22. The first-order valence-corrected chi connectivity index (χ1v) is 14.9. The maximum Gasteiger partial charge on any atom is 0.251 e. The number of nitrogens with zero attached hydrogens (tertiary/aromatic N) is 2. The molecule has 1 aliphatic carbocycles. The molecule has 0 unspecified atom stereocenters.